The number of fused-ring (bicyclic) bond motifs is 16. The molecule has 5 aromatic carbocycles. The molecule has 0 radical (unpaired) electrons. The highest BCUT2D eigenvalue weighted by Crippen LogP contribution is 2.24. The molecule has 1 aromatic heterocycles. The number of hydrogen-bond acceptors (Lipinski definition) is 9. The van der Waals surface area contributed by atoms with Crippen molar-refractivity contribution in [3.05, 3.63) is 178 Å². The summed E-state index contributed by atoms with van der Waals surface area (Å²) in [7, 11) is 0. The van der Waals surface area contributed by atoms with Gasteiger partial charge in [-0.1, -0.05) is 115 Å². The maximum Gasteiger partial charge on any atom is 0.411 e. The van der Waals surface area contributed by atoms with Gasteiger partial charge in [-0.2, -0.15) is 0 Å². The number of hydrogen-bond donors (Lipinski definition) is 5. The van der Waals surface area contributed by atoms with E-state index in [9.17, 15) is 33.9 Å². The topological polar surface area (TPSA) is 189 Å². The van der Waals surface area contributed by atoms with Crippen LogP contribution in [0.2, 0.25) is 0 Å². The van der Waals surface area contributed by atoms with E-state index in [1.165, 1.54) is 11.3 Å². The van der Waals surface area contributed by atoms with Crippen LogP contribution >= 0.6 is 11.3 Å². The van der Waals surface area contributed by atoms with Crippen molar-refractivity contribution in [2.75, 3.05) is 11.9 Å². The van der Waals surface area contributed by atoms with E-state index in [-0.39, 0.29) is 38.7 Å². The Bertz CT molecular complexity index is 2550. The Morgan fingerprint density at radius 3 is 1.85 bits per heavy atom. The van der Waals surface area contributed by atoms with E-state index in [1.807, 2.05) is 115 Å². The van der Waals surface area contributed by atoms with E-state index in [1.54, 1.807) is 36.4 Å². The Kier molecular flexibility index (Phi) is 15.5. The van der Waals surface area contributed by atoms with Crippen molar-refractivity contribution >= 4 is 52.6 Å². The van der Waals surface area contributed by atoms with Crippen molar-refractivity contribution in [3.8, 4) is 16.9 Å². The van der Waals surface area contributed by atoms with Crippen molar-refractivity contribution in [3.63, 3.8) is 0 Å². The van der Waals surface area contributed by atoms with Crippen molar-refractivity contribution < 1.29 is 43.3 Å². The van der Waals surface area contributed by atoms with Gasteiger partial charge in [0.1, 0.15) is 24.4 Å². The van der Waals surface area contributed by atoms with Gasteiger partial charge >= 0.3 is 12.1 Å². The Hall–Kier alpha value is -7.58. The molecule has 332 valence electrons. The molecule has 4 amide bonds. The van der Waals surface area contributed by atoms with Crippen molar-refractivity contribution in [1.82, 2.24) is 16.0 Å². The number of benzene rings is 5. The number of ketones is 1. The Morgan fingerprint density at radius 2 is 1.22 bits per heavy atom. The number of carboxylic acid groups (broad SMARTS) is 1. The van der Waals surface area contributed by atoms with Gasteiger partial charge in [-0.25, -0.2) is 4.79 Å². The summed E-state index contributed by atoms with van der Waals surface area (Å²) in [5, 5.41) is 23.3. The molecule has 4 atom stereocenters. The first-order valence-electron chi connectivity index (χ1n) is 21.2. The summed E-state index contributed by atoms with van der Waals surface area (Å²) in [5.74, 6) is -4.23. The average Bonchev–Trinajstić information content (AvgIpc) is 3.84. The highest BCUT2D eigenvalue weighted by molar-refractivity contribution is 7.09. The third-order valence-electron chi connectivity index (χ3n) is 10.9. The number of carbonyl (C=O) groups excluding carboxylic acids is 5. The molecule has 0 unspecified atom stereocenters. The number of carbonyl (C=O) groups is 6. The molecule has 6 aromatic rings. The molecule has 2 aliphatic heterocycles. The van der Waals surface area contributed by atoms with Crippen LogP contribution in [0.4, 0.5) is 10.5 Å². The van der Waals surface area contributed by atoms with Crippen LogP contribution < -0.4 is 26.0 Å². The predicted octanol–water partition coefficient (Wildman–Crippen LogP) is 6.94. The fourth-order valence-electron chi connectivity index (χ4n) is 7.40. The van der Waals surface area contributed by atoms with E-state index >= 15 is 0 Å². The van der Waals surface area contributed by atoms with Crippen LogP contribution in [0, 0.1) is 5.92 Å². The standard InChI is InChI=1S/C51H48N4O9S/c56-46-29-39(50(60)61)26-34-15-23-41(24-16-34)63-32-47(57)53-45(30-42-12-7-25-65-42)49(59)55-44(48(58)54-43(46)27-33-8-3-1-4-9-33)28-35-13-17-37(18-14-35)38-19-21-40(22-20-38)52-51(62)64-31-36-10-5-2-6-11-36/h1-25,39,43-45H,26-32H2,(H,52,62)(H,53,57)(H,54,58)(H,55,59)(H,60,61)/t39-,43+,44+,45+/m1/s1. The van der Waals surface area contributed by atoms with Crippen molar-refractivity contribution in [2.24, 2.45) is 5.92 Å². The molecule has 5 N–H and O–H groups in total. The van der Waals surface area contributed by atoms with E-state index in [2.05, 4.69) is 21.3 Å². The van der Waals surface area contributed by atoms with Crippen LogP contribution in [0.15, 0.2) is 151 Å². The molecule has 0 saturated carbocycles. The molecule has 0 fully saturated rings. The summed E-state index contributed by atoms with van der Waals surface area (Å²) in [6.45, 7) is -0.266. The molecule has 0 spiro atoms. The maximum atomic E-state index is 14.5. The number of carboxylic acids is 1. The van der Waals surface area contributed by atoms with Crippen LogP contribution in [0.25, 0.3) is 11.1 Å². The molecular formula is C51H48N4O9S. The molecule has 14 heteroatoms. The molecule has 65 heavy (non-hydrogen) atoms. The van der Waals surface area contributed by atoms with Gasteiger partial charge in [-0.15, -0.1) is 11.3 Å². The fourth-order valence-corrected chi connectivity index (χ4v) is 8.16. The van der Waals surface area contributed by atoms with Gasteiger partial charge in [0.25, 0.3) is 5.91 Å². The molecule has 8 rings (SSSR count). The molecule has 13 nitrogen and oxygen atoms in total. The first kappa shape index (κ1) is 45.4. The van der Waals surface area contributed by atoms with E-state index in [4.69, 9.17) is 9.47 Å². The second-order valence-corrected chi connectivity index (χ2v) is 16.8. The monoisotopic (exact) mass is 892 g/mol. The smallest absolute Gasteiger partial charge is 0.411 e. The summed E-state index contributed by atoms with van der Waals surface area (Å²) in [6.07, 6.45) is -0.673. The first-order chi connectivity index (χ1) is 31.5. The lowest BCUT2D eigenvalue weighted by Gasteiger charge is -2.26. The molecule has 2 aliphatic rings. The van der Waals surface area contributed by atoms with Crippen LogP contribution in [0.3, 0.4) is 0 Å². The summed E-state index contributed by atoms with van der Waals surface area (Å²) < 4.78 is 11.1. The Labute approximate surface area is 380 Å². The zero-order valence-electron chi connectivity index (χ0n) is 35.3. The van der Waals surface area contributed by atoms with Crippen molar-refractivity contribution in [2.45, 2.75) is 56.8 Å². The minimum Gasteiger partial charge on any atom is -0.484 e. The molecule has 0 saturated heterocycles. The second-order valence-electron chi connectivity index (χ2n) is 15.7. The lowest BCUT2D eigenvalue weighted by Crippen LogP contribution is -2.57. The molecule has 3 heterocycles. The molecule has 0 aliphatic carbocycles. The van der Waals surface area contributed by atoms with E-state index in [0.717, 1.165) is 27.1 Å². The normalized spacial score (nSPS) is 18.4. The third-order valence-corrected chi connectivity index (χ3v) is 11.8. The van der Waals surface area contributed by atoms with E-state index in [0.29, 0.717) is 22.6 Å². The average molecular weight is 893 g/mol. The lowest BCUT2D eigenvalue weighted by molar-refractivity contribution is -0.144. The number of amides is 4. The fraction of sp³-hybridized carbons (Fsp3) is 0.216. The van der Waals surface area contributed by atoms with Crippen molar-refractivity contribution in [1.29, 1.82) is 0 Å². The van der Waals surface area contributed by atoms with Crippen LogP contribution in [0.5, 0.6) is 5.75 Å². The molecular weight excluding hydrogens is 845 g/mol. The largest absolute Gasteiger partial charge is 0.484 e. The number of anilines is 1. The van der Waals surface area contributed by atoms with Crippen LogP contribution in [0.1, 0.15) is 33.6 Å². The zero-order valence-corrected chi connectivity index (χ0v) is 36.1. The second kappa shape index (κ2) is 22.2. The van der Waals surface area contributed by atoms with Gasteiger partial charge in [-0.05, 0) is 81.9 Å². The predicted molar refractivity (Wildman–Crippen MR) is 246 cm³/mol. The highest BCUT2D eigenvalue weighted by Gasteiger charge is 2.32. The number of nitrogens with one attached hydrogen (secondary N) is 4. The highest BCUT2D eigenvalue weighted by atomic mass is 32.1. The summed E-state index contributed by atoms with van der Waals surface area (Å²) in [4.78, 5) is 81.9. The number of ether oxygens (including phenoxy) is 2. The quantitative estimate of drug-likeness (QED) is 0.0859. The van der Waals surface area contributed by atoms with Crippen LogP contribution in [-0.4, -0.2) is 65.4 Å². The summed E-state index contributed by atoms with van der Waals surface area (Å²) in [6, 6.07) is 39.9. The third kappa shape index (κ3) is 13.5. The number of Topliss-reactive ketones (excluding diaryl/α,β-unsaturated/α-hetero) is 1. The maximum absolute atomic E-state index is 14.5. The van der Waals surface area contributed by atoms with Gasteiger partial charge in [0.2, 0.25) is 11.8 Å². The number of aliphatic carboxylic acids is 1. The SMILES string of the molecule is O=C1COc2ccc(cc2)C[C@@H](C(=O)O)CC(=O)[C@H](Cc2ccccc2)NC(=O)[C@H](Cc2ccc(-c3ccc(NC(=O)OCc4ccccc4)cc3)cc2)NC(=O)[C@H](Cc2cccs2)N1. The summed E-state index contributed by atoms with van der Waals surface area (Å²) in [5.41, 5.74) is 5.19. The van der Waals surface area contributed by atoms with Gasteiger partial charge in [0.15, 0.2) is 12.4 Å². The van der Waals surface area contributed by atoms with Gasteiger partial charge in [0, 0.05) is 29.8 Å². The first-order valence-corrected chi connectivity index (χ1v) is 22.0. The molecule has 2 bridgehead atoms. The zero-order chi connectivity index (χ0) is 45.5. The lowest BCUT2D eigenvalue weighted by atomic mass is 9.90. The van der Waals surface area contributed by atoms with Gasteiger partial charge < -0.3 is 30.5 Å². The van der Waals surface area contributed by atoms with Gasteiger partial charge in [0.05, 0.1) is 12.0 Å². The summed E-state index contributed by atoms with van der Waals surface area (Å²) >= 11 is 1.42. The number of thiophene rings is 1. The minimum atomic E-state index is -1.22. The number of rotatable bonds is 11. The van der Waals surface area contributed by atoms with E-state index < -0.39 is 66.2 Å². The van der Waals surface area contributed by atoms with Crippen LogP contribution in [-0.2, 0) is 61.0 Å². The Balaban J connectivity index is 1.13. The van der Waals surface area contributed by atoms with Gasteiger partial charge in [-0.3, -0.25) is 29.3 Å². The Morgan fingerprint density at radius 1 is 0.631 bits per heavy atom. The minimum absolute atomic E-state index is 0.00651.